The normalized spacial score (nSPS) is 10.1. The van der Waals surface area contributed by atoms with Crippen LogP contribution in [-0.4, -0.2) is 9.97 Å². The Morgan fingerprint density at radius 2 is 2.12 bits per heavy atom. The van der Waals surface area contributed by atoms with Crippen LogP contribution in [0.4, 0.5) is 21.8 Å². The second-order valence-corrected chi connectivity index (χ2v) is 3.49. The lowest BCUT2D eigenvalue weighted by atomic mass is 10.2. The molecule has 0 bridgehead atoms. The highest BCUT2D eigenvalue weighted by atomic mass is 19.1. The zero-order valence-corrected chi connectivity index (χ0v) is 9.24. The Balaban J connectivity index is 2.25. The molecular weight excluding hydrogens is 221 g/mol. The minimum Gasteiger partial charge on any atom is -0.340 e. The van der Waals surface area contributed by atoms with Gasteiger partial charge >= 0.3 is 0 Å². The smallest absolute Gasteiger partial charge is 0.239 e. The largest absolute Gasteiger partial charge is 0.340 e. The molecule has 0 radical (unpaired) electrons. The van der Waals surface area contributed by atoms with E-state index < -0.39 is 0 Å². The van der Waals surface area contributed by atoms with Gasteiger partial charge in [0.15, 0.2) is 0 Å². The van der Waals surface area contributed by atoms with Gasteiger partial charge < -0.3 is 5.32 Å². The molecule has 2 aromatic rings. The first-order chi connectivity index (χ1) is 8.19. The predicted octanol–water partition coefficient (Wildman–Crippen LogP) is 1.95. The third-order valence-electron chi connectivity index (χ3n) is 2.24. The molecule has 1 aromatic carbocycles. The molecule has 0 unspecified atom stereocenters. The molecule has 0 aliphatic heterocycles. The summed E-state index contributed by atoms with van der Waals surface area (Å²) in [5.74, 6) is 5.85. The molecule has 88 valence electrons. The molecule has 6 heteroatoms. The van der Waals surface area contributed by atoms with Crippen molar-refractivity contribution in [2.24, 2.45) is 5.84 Å². The summed E-state index contributed by atoms with van der Waals surface area (Å²) in [6.45, 7) is 1.81. The van der Waals surface area contributed by atoms with E-state index in [-0.39, 0.29) is 5.82 Å². The lowest BCUT2D eigenvalue weighted by Gasteiger charge is -2.09. The molecule has 0 amide bonds. The van der Waals surface area contributed by atoms with Gasteiger partial charge in [-0.05, 0) is 36.8 Å². The van der Waals surface area contributed by atoms with Crippen molar-refractivity contribution in [2.75, 3.05) is 10.7 Å². The summed E-state index contributed by atoms with van der Waals surface area (Å²) in [5, 5.41) is 3.06. The second-order valence-electron chi connectivity index (χ2n) is 3.49. The van der Waals surface area contributed by atoms with E-state index >= 15 is 0 Å². The van der Waals surface area contributed by atoms with E-state index in [1.165, 1.54) is 12.1 Å². The molecule has 0 spiro atoms. The zero-order valence-electron chi connectivity index (χ0n) is 9.24. The van der Waals surface area contributed by atoms with E-state index in [2.05, 4.69) is 20.7 Å². The van der Waals surface area contributed by atoms with E-state index in [1.54, 1.807) is 18.3 Å². The quantitative estimate of drug-likeness (QED) is 0.558. The van der Waals surface area contributed by atoms with Gasteiger partial charge in [-0.1, -0.05) is 0 Å². The lowest BCUT2D eigenvalue weighted by molar-refractivity contribution is 0.627. The Morgan fingerprint density at radius 3 is 2.82 bits per heavy atom. The summed E-state index contributed by atoms with van der Waals surface area (Å²) in [6, 6.07) is 6.19. The highest BCUT2D eigenvalue weighted by Gasteiger charge is 2.02. The van der Waals surface area contributed by atoms with E-state index in [1.807, 2.05) is 6.92 Å². The molecule has 4 N–H and O–H groups in total. The molecule has 2 rings (SSSR count). The van der Waals surface area contributed by atoms with Crippen LogP contribution in [-0.2, 0) is 0 Å². The molecule has 0 saturated heterocycles. The van der Waals surface area contributed by atoms with Crippen molar-refractivity contribution in [3.63, 3.8) is 0 Å². The number of benzene rings is 1. The summed E-state index contributed by atoms with van der Waals surface area (Å²) < 4.78 is 12.9. The van der Waals surface area contributed by atoms with Crippen molar-refractivity contribution >= 4 is 17.5 Å². The Hall–Kier alpha value is -2.21. The maximum atomic E-state index is 12.9. The highest BCUT2D eigenvalue weighted by Crippen LogP contribution is 2.20. The Bertz CT molecular complexity index is 529. The second kappa shape index (κ2) is 4.75. The van der Waals surface area contributed by atoms with Crippen LogP contribution in [0.25, 0.3) is 0 Å². The number of rotatable bonds is 3. The summed E-state index contributed by atoms with van der Waals surface area (Å²) in [4.78, 5) is 7.99. The average Bonchev–Trinajstić information content (AvgIpc) is 2.33. The first-order valence-electron chi connectivity index (χ1n) is 5.02. The van der Waals surface area contributed by atoms with Crippen LogP contribution in [0.1, 0.15) is 5.56 Å². The standard InChI is InChI=1S/C11H12FN5/c1-7-6-8(12)2-3-9(7)15-10-4-5-14-11(16-10)17-13/h2-6H,13H2,1H3,(H2,14,15,16,17). The Morgan fingerprint density at radius 1 is 1.29 bits per heavy atom. The summed E-state index contributed by atoms with van der Waals surface area (Å²) in [7, 11) is 0. The first kappa shape index (κ1) is 11.3. The minimum atomic E-state index is -0.264. The molecule has 0 fully saturated rings. The molecule has 17 heavy (non-hydrogen) atoms. The van der Waals surface area contributed by atoms with Crippen LogP contribution >= 0.6 is 0 Å². The third kappa shape index (κ3) is 2.67. The third-order valence-corrected chi connectivity index (χ3v) is 2.24. The number of nitrogens with two attached hydrogens (primary N) is 1. The first-order valence-corrected chi connectivity index (χ1v) is 5.02. The minimum absolute atomic E-state index is 0.264. The SMILES string of the molecule is Cc1cc(F)ccc1Nc1ccnc(NN)n1. The number of aromatic nitrogens is 2. The maximum Gasteiger partial charge on any atom is 0.239 e. The molecule has 1 heterocycles. The Labute approximate surface area is 97.9 Å². The number of nitrogens with zero attached hydrogens (tertiary/aromatic N) is 2. The van der Waals surface area contributed by atoms with Gasteiger partial charge in [0.1, 0.15) is 11.6 Å². The zero-order chi connectivity index (χ0) is 12.3. The molecular formula is C11H12FN5. The van der Waals surface area contributed by atoms with E-state index in [0.29, 0.717) is 11.8 Å². The summed E-state index contributed by atoms with van der Waals surface area (Å²) >= 11 is 0. The van der Waals surface area contributed by atoms with Crippen LogP contribution < -0.4 is 16.6 Å². The number of hydrogen-bond donors (Lipinski definition) is 3. The van der Waals surface area contributed by atoms with Gasteiger partial charge in [-0.15, -0.1) is 0 Å². The highest BCUT2D eigenvalue weighted by molar-refractivity contribution is 5.60. The molecule has 1 aromatic heterocycles. The van der Waals surface area contributed by atoms with Crippen LogP contribution in [0.5, 0.6) is 0 Å². The van der Waals surface area contributed by atoms with Crippen molar-refractivity contribution in [3.8, 4) is 0 Å². The fourth-order valence-electron chi connectivity index (χ4n) is 1.40. The van der Waals surface area contributed by atoms with Gasteiger partial charge in [-0.3, -0.25) is 5.43 Å². The van der Waals surface area contributed by atoms with Crippen molar-refractivity contribution in [3.05, 3.63) is 41.8 Å². The lowest BCUT2D eigenvalue weighted by Crippen LogP contribution is -2.11. The van der Waals surface area contributed by atoms with Gasteiger partial charge in [0.2, 0.25) is 5.95 Å². The number of aryl methyl sites for hydroxylation is 1. The fourth-order valence-corrected chi connectivity index (χ4v) is 1.40. The van der Waals surface area contributed by atoms with E-state index in [4.69, 9.17) is 5.84 Å². The van der Waals surface area contributed by atoms with Gasteiger partial charge in [-0.2, -0.15) is 4.98 Å². The van der Waals surface area contributed by atoms with Crippen LogP contribution in [0.3, 0.4) is 0 Å². The number of anilines is 3. The molecule has 0 aliphatic carbocycles. The van der Waals surface area contributed by atoms with Crippen LogP contribution in [0.2, 0.25) is 0 Å². The summed E-state index contributed by atoms with van der Waals surface area (Å²) in [6.07, 6.45) is 1.57. The van der Waals surface area contributed by atoms with Gasteiger partial charge in [0.25, 0.3) is 0 Å². The number of hydrazine groups is 1. The fraction of sp³-hybridized carbons (Fsp3) is 0.0909. The molecule has 5 nitrogen and oxygen atoms in total. The van der Waals surface area contributed by atoms with Gasteiger partial charge in [0.05, 0.1) is 0 Å². The van der Waals surface area contributed by atoms with Crippen molar-refractivity contribution in [1.29, 1.82) is 0 Å². The predicted molar refractivity (Wildman–Crippen MR) is 64.3 cm³/mol. The topological polar surface area (TPSA) is 75.9 Å². The van der Waals surface area contributed by atoms with Crippen molar-refractivity contribution in [1.82, 2.24) is 9.97 Å². The van der Waals surface area contributed by atoms with Crippen LogP contribution in [0, 0.1) is 12.7 Å². The number of nitrogens with one attached hydrogen (secondary N) is 2. The maximum absolute atomic E-state index is 12.9. The Kier molecular flexibility index (Phi) is 3.15. The number of nitrogen functional groups attached to an aromatic ring is 1. The van der Waals surface area contributed by atoms with Gasteiger partial charge in [0, 0.05) is 11.9 Å². The number of halogens is 1. The molecule has 0 aliphatic rings. The summed E-state index contributed by atoms with van der Waals surface area (Å²) in [5.41, 5.74) is 3.94. The monoisotopic (exact) mass is 233 g/mol. The molecule has 0 saturated carbocycles. The van der Waals surface area contributed by atoms with E-state index in [0.717, 1.165) is 11.3 Å². The molecule has 0 atom stereocenters. The number of hydrogen-bond acceptors (Lipinski definition) is 5. The average molecular weight is 233 g/mol. The van der Waals surface area contributed by atoms with Crippen molar-refractivity contribution in [2.45, 2.75) is 6.92 Å². The van der Waals surface area contributed by atoms with E-state index in [9.17, 15) is 4.39 Å². The van der Waals surface area contributed by atoms with Crippen molar-refractivity contribution < 1.29 is 4.39 Å². The van der Waals surface area contributed by atoms with Gasteiger partial charge in [-0.25, -0.2) is 15.2 Å². The van der Waals surface area contributed by atoms with Crippen LogP contribution in [0.15, 0.2) is 30.5 Å².